The van der Waals surface area contributed by atoms with Gasteiger partial charge in [0.15, 0.2) is 0 Å². The Labute approximate surface area is 113 Å². The average molecular weight is 270 g/mol. The van der Waals surface area contributed by atoms with Gasteiger partial charge in [0.25, 0.3) is 0 Å². The quantitative estimate of drug-likeness (QED) is 0.774. The smallest absolute Gasteiger partial charge is 0.323 e. The molecule has 1 heterocycles. The SMILES string of the molecule is CCOC(=O)C(CC)NC(C)c1ncc(CC)s1. The zero-order chi connectivity index (χ0) is 13.5. The molecule has 0 fully saturated rings. The maximum Gasteiger partial charge on any atom is 0.323 e. The van der Waals surface area contributed by atoms with Crippen LogP contribution in [0.2, 0.25) is 0 Å². The number of nitrogens with zero attached hydrogens (tertiary/aromatic N) is 1. The number of carbonyl (C=O) groups is 1. The standard InChI is InChI=1S/C13H22N2O2S/c1-5-10-8-14-12(18-10)9(4)15-11(6-2)13(16)17-7-3/h8-9,11,15H,5-7H2,1-4H3. The number of nitrogens with one attached hydrogen (secondary N) is 1. The first-order valence-corrected chi connectivity index (χ1v) is 7.31. The fourth-order valence-electron chi connectivity index (χ4n) is 1.65. The summed E-state index contributed by atoms with van der Waals surface area (Å²) in [6, 6.07) is -0.182. The minimum absolute atomic E-state index is 0.0738. The zero-order valence-corrected chi connectivity index (χ0v) is 12.3. The van der Waals surface area contributed by atoms with Crippen molar-refractivity contribution in [1.82, 2.24) is 10.3 Å². The lowest BCUT2D eigenvalue weighted by Gasteiger charge is -2.19. The minimum atomic E-state index is -0.256. The second-order valence-electron chi connectivity index (χ2n) is 4.12. The molecule has 0 aromatic carbocycles. The summed E-state index contributed by atoms with van der Waals surface area (Å²) in [5.74, 6) is -0.181. The summed E-state index contributed by atoms with van der Waals surface area (Å²) >= 11 is 1.69. The number of aromatic nitrogens is 1. The van der Waals surface area contributed by atoms with Gasteiger partial charge in [-0.25, -0.2) is 4.98 Å². The molecule has 0 bridgehead atoms. The van der Waals surface area contributed by atoms with Gasteiger partial charge in [-0.05, 0) is 26.7 Å². The van der Waals surface area contributed by atoms with E-state index in [0.29, 0.717) is 6.61 Å². The van der Waals surface area contributed by atoms with Crippen molar-refractivity contribution < 1.29 is 9.53 Å². The maximum absolute atomic E-state index is 11.7. The highest BCUT2D eigenvalue weighted by Crippen LogP contribution is 2.21. The predicted molar refractivity (Wildman–Crippen MR) is 73.8 cm³/mol. The first kappa shape index (κ1) is 15.1. The lowest BCUT2D eigenvalue weighted by molar-refractivity contribution is -0.145. The van der Waals surface area contributed by atoms with E-state index in [1.54, 1.807) is 11.3 Å². The average Bonchev–Trinajstić information content (AvgIpc) is 2.84. The van der Waals surface area contributed by atoms with Crippen molar-refractivity contribution in [2.24, 2.45) is 0 Å². The zero-order valence-electron chi connectivity index (χ0n) is 11.5. The number of thiazole rings is 1. The largest absolute Gasteiger partial charge is 0.465 e. The number of esters is 1. The lowest BCUT2D eigenvalue weighted by atomic mass is 10.2. The summed E-state index contributed by atoms with van der Waals surface area (Å²) in [4.78, 5) is 17.4. The third-order valence-electron chi connectivity index (χ3n) is 2.72. The molecular formula is C13H22N2O2S. The Morgan fingerprint density at radius 2 is 2.22 bits per heavy atom. The van der Waals surface area contributed by atoms with Crippen molar-refractivity contribution in [1.29, 1.82) is 0 Å². The highest BCUT2D eigenvalue weighted by molar-refractivity contribution is 7.11. The Morgan fingerprint density at radius 3 is 2.72 bits per heavy atom. The molecule has 2 atom stereocenters. The van der Waals surface area contributed by atoms with Gasteiger partial charge in [0.1, 0.15) is 11.0 Å². The van der Waals surface area contributed by atoms with Crippen LogP contribution >= 0.6 is 11.3 Å². The summed E-state index contributed by atoms with van der Waals surface area (Å²) < 4.78 is 5.04. The molecule has 1 aromatic rings. The van der Waals surface area contributed by atoms with Crippen molar-refractivity contribution in [3.63, 3.8) is 0 Å². The van der Waals surface area contributed by atoms with Crippen molar-refractivity contribution in [2.45, 2.75) is 52.6 Å². The first-order valence-electron chi connectivity index (χ1n) is 6.49. The molecule has 1 rings (SSSR count). The molecule has 0 saturated heterocycles. The Hall–Kier alpha value is -0.940. The third kappa shape index (κ3) is 4.07. The highest BCUT2D eigenvalue weighted by atomic mass is 32.1. The van der Waals surface area contributed by atoms with Crippen molar-refractivity contribution in [2.75, 3.05) is 6.61 Å². The number of hydrogen-bond acceptors (Lipinski definition) is 5. The minimum Gasteiger partial charge on any atom is -0.465 e. The van der Waals surface area contributed by atoms with Gasteiger partial charge >= 0.3 is 5.97 Å². The van der Waals surface area contributed by atoms with E-state index in [9.17, 15) is 4.79 Å². The summed E-state index contributed by atoms with van der Waals surface area (Å²) in [6.45, 7) is 8.36. The van der Waals surface area contributed by atoms with Gasteiger partial charge in [0, 0.05) is 11.1 Å². The number of carbonyl (C=O) groups excluding carboxylic acids is 1. The molecule has 0 saturated carbocycles. The van der Waals surface area contributed by atoms with Gasteiger partial charge < -0.3 is 4.74 Å². The van der Waals surface area contributed by atoms with Gasteiger partial charge in [0.2, 0.25) is 0 Å². The molecule has 0 aliphatic rings. The molecule has 0 amide bonds. The van der Waals surface area contributed by atoms with Crippen LogP contribution in [0, 0.1) is 0 Å². The highest BCUT2D eigenvalue weighted by Gasteiger charge is 2.21. The molecule has 18 heavy (non-hydrogen) atoms. The molecule has 1 N–H and O–H groups in total. The summed E-state index contributed by atoms with van der Waals surface area (Å²) in [6.07, 6.45) is 3.62. The maximum atomic E-state index is 11.7. The van der Waals surface area contributed by atoms with Crippen LogP contribution < -0.4 is 5.32 Å². The van der Waals surface area contributed by atoms with Crippen molar-refractivity contribution in [3.8, 4) is 0 Å². The number of hydrogen-bond donors (Lipinski definition) is 1. The molecular weight excluding hydrogens is 248 g/mol. The fourth-order valence-corrected chi connectivity index (χ4v) is 2.52. The van der Waals surface area contributed by atoms with E-state index in [1.807, 2.05) is 27.0 Å². The molecule has 5 heteroatoms. The van der Waals surface area contributed by atoms with E-state index in [2.05, 4.69) is 17.2 Å². The van der Waals surface area contributed by atoms with Gasteiger partial charge in [-0.15, -0.1) is 11.3 Å². The number of rotatable bonds is 7. The van der Waals surface area contributed by atoms with Crippen LogP contribution in [0.4, 0.5) is 0 Å². The van der Waals surface area contributed by atoms with Crippen LogP contribution in [-0.4, -0.2) is 23.6 Å². The molecule has 102 valence electrons. The van der Waals surface area contributed by atoms with Crippen LogP contribution in [0.1, 0.15) is 50.0 Å². The lowest BCUT2D eigenvalue weighted by Crippen LogP contribution is -2.39. The summed E-state index contributed by atoms with van der Waals surface area (Å²) in [5, 5.41) is 4.30. The van der Waals surface area contributed by atoms with Gasteiger partial charge in [-0.2, -0.15) is 0 Å². The van der Waals surface area contributed by atoms with Crippen molar-refractivity contribution >= 4 is 17.3 Å². The second kappa shape index (κ2) is 7.48. The molecule has 0 radical (unpaired) electrons. The van der Waals surface area contributed by atoms with Crippen LogP contribution in [0.15, 0.2) is 6.20 Å². The van der Waals surface area contributed by atoms with Crippen LogP contribution in [0.25, 0.3) is 0 Å². The Kier molecular flexibility index (Phi) is 6.29. The topological polar surface area (TPSA) is 51.2 Å². The monoisotopic (exact) mass is 270 g/mol. The normalized spacial score (nSPS) is 14.2. The van der Waals surface area contributed by atoms with Gasteiger partial charge in [-0.3, -0.25) is 10.1 Å². The van der Waals surface area contributed by atoms with E-state index in [0.717, 1.165) is 17.8 Å². The fraction of sp³-hybridized carbons (Fsp3) is 0.692. The van der Waals surface area contributed by atoms with Crippen LogP contribution in [-0.2, 0) is 16.0 Å². The Morgan fingerprint density at radius 1 is 1.50 bits per heavy atom. The van der Waals surface area contributed by atoms with Gasteiger partial charge in [0.05, 0.1) is 12.6 Å². The summed E-state index contributed by atoms with van der Waals surface area (Å²) in [7, 11) is 0. The van der Waals surface area contributed by atoms with Gasteiger partial charge in [-0.1, -0.05) is 13.8 Å². The number of ether oxygens (including phenoxy) is 1. The second-order valence-corrected chi connectivity index (χ2v) is 5.27. The molecule has 1 aromatic heterocycles. The van der Waals surface area contributed by atoms with Crippen LogP contribution in [0.5, 0.6) is 0 Å². The van der Waals surface area contributed by atoms with Crippen molar-refractivity contribution in [3.05, 3.63) is 16.1 Å². The number of aryl methyl sites for hydroxylation is 1. The first-order chi connectivity index (χ1) is 8.62. The van der Waals surface area contributed by atoms with E-state index in [1.165, 1.54) is 4.88 Å². The Bertz CT molecular complexity index is 379. The summed E-state index contributed by atoms with van der Waals surface area (Å²) in [5.41, 5.74) is 0. The molecule has 0 spiro atoms. The van der Waals surface area contributed by atoms with E-state index >= 15 is 0 Å². The van der Waals surface area contributed by atoms with Crippen LogP contribution in [0.3, 0.4) is 0 Å². The Balaban J connectivity index is 2.61. The molecule has 0 aliphatic carbocycles. The molecule has 2 unspecified atom stereocenters. The molecule has 0 aliphatic heterocycles. The third-order valence-corrected chi connectivity index (χ3v) is 4.05. The predicted octanol–water partition coefficient (Wildman–Crippen LogP) is 2.70. The molecule has 4 nitrogen and oxygen atoms in total. The van der Waals surface area contributed by atoms with E-state index < -0.39 is 0 Å². The van der Waals surface area contributed by atoms with E-state index in [4.69, 9.17) is 4.74 Å². The van der Waals surface area contributed by atoms with E-state index in [-0.39, 0.29) is 18.1 Å².